The molecule has 0 bridgehead atoms. The molecule has 0 radical (unpaired) electrons. The number of benzene rings is 1. The average molecular weight is 269 g/mol. The molecule has 0 saturated heterocycles. The molecule has 3 nitrogen and oxygen atoms in total. The lowest BCUT2D eigenvalue weighted by Gasteiger charge is -2.14. The second kappa shape index (κ2) is 7.17. The summed E-state index contributed by atoms with van der Waals surface area (Å²) in [4.78, 5) is 24.1. The van der Waals surface area contributed by atoms with E-state index < -0.39 is 11.9 Å². The van der Waals surface area contributed by atoms with Crippen LogP contribution in [-0.4, -0.2) is 18.4 Å². The SMILES string of the molecule is CCCC(C(=O)OCC)C(=O)c1ccccc1Cl. The summed E-state index contributed by atoms with van der Waals surface area (Å²) >= 11 is 5.97. The van der Waals surface area contributed by atoms with E-state index >= 15 is 0 Å². The number of Topliss-reactive ketones (excluding diaryl/α,β-unsaturated/α-hetero) is 1. The Kier molecular flexibility index (Phi) is 5.86. The molecule has 1 aromatic rings. The molecule has 1 aromatic carbocycles. The van der Waals surface area contributed by atoms with Gasteiger partial charge in [0.25, 0.3) is 0 Å². The van der Waals surface area contributed by atoms with Gasteiger partial charge in [0.15, 0.2) is 5.78 Å². The molecular formula is C14H17ClO3. The fourth-order valence-electron chi connectivity index (χ4n) is 1.74. The Morgan fingerprint density at radius 1 is 1.28 bits per heavy atom. The van der Waals surface area contributed by atoms with E-state index in [4.69, 9.17) is 16.3 Å². The largest absolute Gasteiger partial charge is 0.465 e. The van der Waals surface area contributed by atoms with E-state index in [1.54, 1.807) is 31.2 Å². The first kappa shape index (κ1) is 14.7. The Hall–Kier alpha value is -1.35. The van der Waals surface area contributed by atoms with Gasteiger partial charge in [0.2, 0.25) is 0 Å². The van der Waals surface area contributed by atoms with Crippen molar-refractivity contribution in [1.29, 1.82) is 0 Å². The van der Waals surface area contributed by atoms with Crippen LogP contribution in [0.15, 0.2) is 24.3 Å². The molecule has 0 aliphatic heterocycles. The quantitative estimate of drug-likeness (QED) is 0.450. The average Bonchev–Trinajstić information content (AvgIpc) is 2.36. The molecule has 0 spiro atoms. The highest BCUT2D eigenvalue weighted by Crippen LogP contribution is 2.22. The summed E-state index contributed by atoms with van der Waals surface area (Å²) in [7, 11) is 0. The Bertz CT molecular complexity index is 429. The van der Waals surface area contributed by atoms with Crippen molar-refractivity contribution in [3.05, 3.63) is 34.9 Å². The molecule has 4 heteroatoms. The van der Waals surface area contributed by atoms with Gasteiger partial charge < -0.3 is 4.74 Å². The number of halogens is 1. The number of hydrogen-bond donors (Lipinski definition) is 0. The van der Waals surface area contributed by atoms with E-state index in [9.17, 15) is 9.59 Å². The highest BCUT2D eigenvalue weighted by Gasteiger charge is 2.29. The van der Waals surface area contributed by atoms with Crippen molar-refractivity contribution in [3.8, 4) is 0 Å². The van der Waals surface area contributed by atoms with Gasteiger partial charge in [-0.1, -0.05) is 37.1 Å². The van der Waals surface area contributed by atoms with E-state index in [2.05, 4.69) is 0 Å². The van der Waals surface area contributed by atoms with Crippen molar-refractivity contribution >= 4 is 23.4 Å². The van der Waals surface area contributed by atoms with Crippen molar-refractivity contribution in [1.82, 2.24) is 0 Å². The number of ether oxygens (including phenoxy) is 1. The molecule has 0 aliphatic rings. The monoisotopic (exact) mass is 268 g/mol. The smallest absolute Gasteiger partial charge is 0.316 e. The van der Waals surface area contributed by atoms with Crippen LogP contribution in [0, 0.1) is 5.92 Å². The summed E-state index contributed by atoms with van der Waals surface area (Å²) in [5, 5.41) is 0.368. The zero-order chi connectivity index (χ0) is 13.5. The number of esters is 1. The molecule has 0 heterocycles. The summed E-state index contributed by atoms with van der Waals surface area (Å²) < 4.78 is 4.94. The van der Waals surface area contributed by atoms with Crippen molar-refractivity contribution < 1.29 is 14.3 Å². The third-order valence-electron chi connectivity index (χ3n) is 2.60. The van der Waals surface area contributed by atoms with Crippen LogP contribution in [0.3, 0.4) is 0 Å². The van der Waals surface area contributed by atoms with Crippen molar-refractivity contribution in [2.45, 2.75) is 26.7 Å². The number of carbonyl (C=O) groups excluding carboxylic acids is 2. The molecule has 98 valence electrons. The molecule has 0 saturated carbocycles. The van der Waals surface area contributed by atoms with Gasteiger partial charge in [-0.25, -0.2) is 0 Å². The van der Waals surface area contributed by atoms with Crippen LogP contribution in [0.25, 0.3) is 0 Å². The Balaban J connectivity index is 2.96. The van der Waals surface area contributed by atoms with Gasteiger partial charge >= 0.3 is 5.97 Å². The number of carbonyl (C=O) groups is 2. The number of hydrogen-bond acceptors (Lipinski definition) is 3. The molecule has 1 unspecified atom stereocenters. The highest BCUT2D eigenvalue weighted by molar-refractivity contribution is 6.34. The zero-order valence-corrected chi connectivity index (χ0v) is 11.4. The van der Waals surface area contributed by atoms with Gasteiger partial charge in [-0.05, 0) is 25.5 Å². The van der Waals surface area contributed by atoms with E-state index in [0.29, 0.717) is 17.0 Å². The number of ketones is 1. The van der Waals surface area contributed by atoms with Gasteiger partial charge in [0, 0.05) is 5.56 Å². The minimum atomic E-state index is -0.755. The molecule has 0 fully saturated rings. The lowest BCUT2D eigenvalue weighted by Crippen LogP contribution is -2.26. The molecule has 0 N–H and O–H groups in total. The van der Waals surface area contributed by atoms with Gasteiger partial charge in [-0.2, -0.15) is 0 Å². The van der Waals surface area contributed by atoms with Crippen molar-refractivity contribution in [2.75, 3.05) is 6.61 Å². The molecule has 18 heavy (non-hydrogen) atoms. The van der Waals surface area contributed by atoms with Gasteiger partial charge in [-0.15, -0.1) is 0 Å². The van der Waals surface area contributed by atoms with Crippen LogP contribution in [-0.2, 0) is 9.53 Å². The third kappa shape index (κ3) is 3.57. The maximum absolute atomic E-state index is 12.3. The van der Waals surface area contributed by atoms with Gasteiger partial charge in [-0.3, -0.25) is 9.59 Å². The second-order valence-electron chi connectivity index (χ2n) is 3.94. The second-order valence-corrected chi connectivity index (χ2v) is 4.34. The predicted octanol–water partition coefficient (Wildman–Crippen LogP) is 3.50. The Labute approximate surface area is 112 Å². The topological polar surface area (TPSA) is 43.4 Å². The molecular weight excluding hydrogens is 252 g/mol. The predicted molar refractivity (Wildman–Crippen MR) is 70.8 cm³/mol. The highest BCUT2D eigenvalue weighted by atomic mass is 35.5. The molecule has 0 aromatic heterocycles. The zero-order valence-electron chi connectivity index (χ0n) is 10.6. The van der Waals surface area contributed by atoms with Crippen LogP contribution in [0.5, 0.6) is 0 Å². The van der Waals surface area contributed by atoms with Crippen LogP contribution in [0.2, 0.25) is 5.02 Å². The minimum absolute atomic E-state index is 0.263. The van der Waals surface area contributed by atoms with E-state index in [1.807, 2.05) is 6.92 Å². The lowest BCUT2D eigenvalue weighted by molar-refractivity contribution is -0.146. The Morgan fingerprint density at radius 2 is 1.94 bits per heavy atom. The summed E-state index contributed by atoms with van der Waals surface area (Å²) in [5.74, 6) is -1.49. The molecule has 0 amide bonds. The normalized spacial score (nSPS) is 11.9. The molecule has 0 aliphatic carbocycles. The van der Waals surface area contributed by atoms with E-state index in [-0.39, 0.29) is 12.4 Å². The van der Waals surface area contributed by atoms with Crippen molar-refractivity contribution in [3.63, 3.8) is 0 Å². The number of rotatable bonds is 6. The van der Waals surface area contributed by atoms with Gasteiger partial charge in [0.05, 0.1) is 11.6 Å². The lowest BCUT2D eigenvalue weighted by atomic mass is 9.93. The maximum atomic E-state index is 12.3. The first-order chi connectivity index (χ1) is 8.61. The van der Waals surface area contributed by atoms with Crippen LogP contribution in [0.1, 0.15) is 37.0 Å². The Morgan fingerprint density at radius 3 is 2.50 bits per heavy atom. The third-order valence-corrected chi connectivity index (χ3v) is 2.93. The fourth-order valence-corrected chi connectivity index (χ4v) is 1.97. The summed E-state index contributed by atoms with van der Waals surface area (Å²) in [5.41, 5.74) is 0.380. The minimum Gasteiger partial charge on any atom is -0.465 e. The summed E-state index contributed by atoms with van der Waals surface area (Å²) in [6.45, 7) is 3.92. The summed E-state index contributed by atoms with van der Waals surface area (Å²) in [6.07, 6.45) is 1.21. The first-order valence-electron chi connectivity index (χ1n) is 6.07. The van der Waals surface area contributed by atoms with E-state index in [1.165, 1.54) is 0 Å². The molecule has 1 atom stereocenters. The standard InChI is InChI=1S/C14H17ClO3/c1-3-7-11(14(17)18-4-2)13(16)10-8-5-6-9-12(10)15/h5-6,8-9,11H,3-4,7H2,1-2H3. The first-order valence-corrected chi connectivity index (χ1v) is 6.45. The van der Waals surface area contributed by atoms with Crippen molar-refractivity contribution in [2.24, 2.45) is 5.92 Å². The van der Waals surface area contributed by atoms with Crippen LogP contribution >= 0.6 is 11.6 Å². The van der Waals surface area contributed by atoms with Gasteiger partial charge in [0.1, 0.15) is 5.92 Å². The summed E-state index contributed by atoms with van der Waals surface area (Å²) in [6, 6.07) is 6.75. The van der Waals surface area contributed by atoms with Crippen LogP contribution < -0.4 is 0 Å². The fraction of sp³-hybridized carbons (Fsp3) is 0.429. The molecule has 1 rings (SSSR count). The van der Waals surface area contributed by atoms with E-state index in [0.717, 1.165) is 6.42 Å². The maximum Gasteiger partial charge on any atom is 0.316 e. The van der Waals surface area contributed by atoms with Crippen LogP contribution in [0.4, 0.5) is 0 Å².